The second-order valence-electron chi connectivity index (χ2n) is 5.11. The zero-order valence-electron chi connectivity index (χ0n) is 10.5. The predicted molar refractivity (Wildman–Crippen MR) is 80.7 cm³/mol. The van der Waals surface area contributed by atoms with Crippen molar-refractivity contribution in [3.63, 3.8) is 0 Å². The largest absolute Gasteiger partial charge is 0.310 e. The molecule has 0 saturated heterocycles. The van der Waals surface area contributed by atoms with Gasteiger partial charge in [0.05, 0.1) is 0 Å². The van der Waals surface area contributed by atoms with E-state index in [2.05, 4.69) is 57.6 Å². The van der Waals surface area contributed by atoms with E-state index >= 15 is 0 Å². The van der Waals surface area contributed by atoms with Gasteiger partial charge in [-0.1, -0.05) is 59.1 Å². The van der Waals surface area contributed by atoms with E-state index in [4.69, 9.17) is 0 Å². The van der Waals surface area contributed by atoms with Crippen LogP contribution in [0.1, 0.15) is 31.2 Å². The molecule has 0 heterocycles. The highest BCUT2D eigenvalue weighted by Crippen LogP contribution is 2.27. The molecule has 0 bridgehead atoms. The Labute approximate surface area is 117 Å². The lowest BCUT2D eigenvalue weighted by molar-refractivity contribution is 0.525. The summed E-state index contributed by atoms with van der Waals surface area (Å²) in [6.45, 7) is 0.985. The molecule has 0 amide bonds. The number of hydrogen-bond acceptors (Lipinski definition) is 1. The first-order chi connectivity index (χ1) is 8.84. The van der Waals surface area contributed by atoms with Crippen molar-refractivity contribution in [1.82, 2.24) is 5.32 Å². The standard InChI is InChI=1S/C16H18BrN/c17-16-10-9-12(11-18-13-5-1-2-6-13)14-7-3-4-8-15(14)16/h3-4,7-10,13,18H,1-2,5-6,11H2. The summed E-state index contributed by atoms with van der Waals surface area (Å²) in [6, 6.07) is 13.7. The van der Waals surface area contributed by atoms with Crippen molar-refractivity contribution in [3.05, 3.63) is 46.4 Å². The Morgan fingerprint density at radius 1 is 1.00 bits per heavy atom. The van der Waals surface area contributed by atoms with Gasteiger partial charge in [0.15, 0.2) is 0 Å². The molecule has 0 radical (unpaired) electrons. The number of hydrogen-bond donors (Lipinski definition) is 1. The normalized spacial score (nSPS) is 16.5. The molecule has 1 saturated carbocycles. The Hall–Kier alpha value is -0.860. The molecular formula is C16H18BrN. The first kappa shape index (κ1) is 12.2. The Balaban J connectivity index is 1.85. The Bertz CT molecular complexity index is 544. The van der Waals surface area contributed by atoms with Crippen LogP contribution in [0.4, 0.5) is 0 Å². The third-order valence-corrected chi connectivity index (χ3v) is 4.59. The Morgan fingerprint density at radius 3 is 2.50 bits per heavy atom. The molecule has 1 aliphatic rings. The highest BCUT2D eigenvalue weighted by Gasteiger charge is 2.14. The predicted octanol–water partition coefficient (Wildman–Crippen LogP) is 4.63. The highest BCUT2D eigenvalue weighted by atomic mass is 79.9. The molecule has 1 nitrogen and oxygen atoms in total. The minimum absolute atomic E-state index is 0.729. The minimum atomic E-state index is 0.729. The smallest absolute Gasteiger partial charge is 0.0253 e. The molecule has 18 heavy (non-hydrogen) atoms. The average Bonchev–Trinajstić information content (AvgIpc) is 2.92. The van der Waals surface area contributed by atoms with Crippen LogP contribution in [-0.2, 0) is 6.54 Å². The van der Waals surface area contributed by atoms with Gasteiger partial charge in [0.1, 0.15) is 0 Å². The third kappa shape index (κ3) is 2.45. The van der Waals surface area contributed by atoms with Gasteiger partial charge in [0.2, 0.25) is 0 Å². The molecule has 3 rings (SSSR count). The molecule has 1 aliphatic carbocycles. The maximum absolute atomic E-state index is 3.69. The van der Waals surface area contributed by atoms with Gasteiger partial charge in [-0.3, -0.25) is 0 Å². The van der Waals surface area contributed by atoms with Crippen molar-refractivity contribution >= 4 is 26.7 Å². The highest BCUT2D eigenvalue weighted by molar-refractivity contribution is 9.10. The van der Waals surface area contributed by atoms with Gasteiger partial charge in [-0.05, 0) is 35.2 Å². The summed E-state index contributed by atoms with van der Waals surface area (Å²) in [5, 5.41) is 6.36. The first-order valence-electron chi connectivity index (χ1n) is 6.74. The van der Waals surface area contributed by atoms with Crippen molar-refractivity contribution in [3.8, 4) is 0 Å². The minimum Gasteiger partial charge on any atom is -0.310 e. The second-order valence-corrected chi connectivity index (χ2v) is 5.97. The van der Waals surface area contributed by atoms with E-state index in [1.807, 2.05) is 0 Å². The molecule has 94 valence electrons. The van der Waals surface area contributed by atoms with Gasteiger partial charge in [-0.25, -0.2) is 0 Å². The number of rotatable bonds is 3. The van der Waals surface area contributed by atoms with Crippen LogP contribution in [-0.4, -0.2) is 6.04 Å². The lowest BCUT2D eigenvalue weighted by atomic mass is 10.0. The third-order valence-electron chi connectivity index (χ3n) is 3.90. The fourth-order valence-corrected chi connectivity index (χ4v) is 3.34. The van der Waals surface area contributed by atoms with E-state index in [1.54, 1.807) is 0 Å². The van der Waals surface area contributed by atoms with E-state index in [0.717, 1.165) is 12.6 Å². The van der Waals surface area contributed by atoms with Gasteiger partial charge in [-0.15, -0.1) is 0 Å². The summed E-state index contributed by atoms with van der Waals surface area (Å²) in [5.41, 5.74) is 1.40. The fourth-order valence-electron chi connectivity index (χ4n) is 2.86. The maximum atomic E-state index is 3.69. The average molecular weight is 304 g/mol. The number of halogens is 1. The van der Waals surface area contributed by atoms with Crippen LogP contribution in [0, 0.1) is 0 Å². The lowest BCUT2D eigenvalue weighted by Crippen LogP contribution is -2.25. The van der Waals surface area contributed by atoms with E-state index in [-0.39, 0.29) is 0 Å². The van der Waals surface area contributed by atoms with Crippen LogP contribution >= 0.6 is 15.9 Å². The van der Waals surface area contributed by atoms with Gasteiger partial charge < -0.3 is 5.32 Å². The van der Waals surface area contributed by atoms with Crippen molar-refractivity contribution in [1.29, 1.82) is 0 Å². The molecule has 0 unspecified atom stereocenters. The summed E-state index contributed by atoms with van der Waals surface area (Å²) in [4.78, 5) is 0. The zero-order chi connectivity index (χ0) is 12.4. The molecule has 1 N–H and O–H groups in total. The van der Waals surface area contributed by atoms with Gasteiger partial charge in [0, 0.05) is 17.1 Å². The van der Waals surface area contributed by atoms with Crippen LogP contribution < -0.4 is 5.32 Å². The second kappa shape index (κ2) is 5.41. The Kier molecular flexibility index (Phi) is 3.67. The lowest BCUT2D eigenvalue weighted by Gasteiger charge is -2.14. The first-order valence-corrected chi connectivity index (χ1v) is 7.53. The van der Waals surface area contributed by atoms with Crippen molar-refractivity contribution in [2.24, 2.45) is 0 Å². The topological polar surface area (TPSA) is 12.0 Å². The van der Waals surface area contributed by atoms with E-state index in [9.17, 15) is 0 Å². The van der Waals surface area contributed by atoms with E-state index < -0.39 is 0 Å². The molecule has 2 aromatic rings. The number of nitrogens with one attached hydrogen (secondary N) is 1. The molecule has 0 atom stereocenters. The molecule has 0 aromatic heterocycles. The molecular weight excluding hydrogens is 286 g/mol. The zero-order valence-corrected chi connectivity index (χ0v) is 12.0. The van der Waals surface area contributed by atoms with Crippen LogP contribution in [0.5, 0.6) is 0 Å². The summed E-state index contributed by atoms with van der Waals surface area (Å²) >= 11 is 3.63. The monoisotopic (exact) mass is 303 g/mol. The van der Waals surface area contributed by atoms with Crippen molar-refractivity contribution < 1.29 is 0 Å². The molecule has 0 aliphatic heterocycles. The number of fused-ring (bicyclic) bond motifs is 1. The SMILES string of the molecule is Brc1ccc(CNC2CCCC2)c2ccccc12. The molecule has 2 heteroatoms. The maximum Gasteiger partial charge on any atom is 0.0253 e. The van der Waals surface area contributed by atoms with Crippen LogP contribution in [0.15, 0.2) is 40.9 Å². The van der Waals surface area contributed by atoms with Crippen molar-refractivity contribution in [2.45, 2.75) is 38.3 Å². The molecule has 1 fully saturated rings. The quantitative estimate of drug-likeness (QED) is 0.871. The fraction of sp³-hybridized carbons (Fsp3) is 0.375. The molecule has 2 aromatic carbocycles. The summed E-state index contributed by atoms with van der Waals surface area (Å²) in [6.07, 6.45) is 5.46. The van der Waals surface area contributed by atoms with Gasteiger partial charge in [-0.2, -0.15) is 0 Å². The van der Waals surface area contributed by atoms with Crippen molar-refractivity contribution in [2.75, 3.05) is 0 Å². The summed E-state index contributed by atoms with van der Waals surface area (Å²) in [5.74, 6) is 0. The Morgan fingerprint density at radius 2 is 1.72 bits per heavy atom. The summed E-state index contributed by atoms with van der Waals surface area (Å²) in [7, 11) is 0. The van der Waals surface area contributed by atoms with E-state index in [0.29, 0.717) is 0 Å². The molecule has 0 spiro atoms. The van der Waals surface area contributed by atoms with Crippen LogP contribution in [0.25, 0.3) is 10.8 Å². The van der Waals surface area contributed by atoms with Crippen LogP contribution in [0.3, 0.4) is 0 Å². The van der Waals surface area contributed by atoms with Gasteiger partial charge in [0.25, 0.3) is 0 Å². The number of benzene rings is 2. The van der Waals surface area contributed by atoms with Crippen LogP contribution in [0.2, 0.25) is 0 Å². The van der Waals surface area contributed by atoms with E-state index in [1.165, 1.54) is 46.5 Å². The summed E-state index contributed by atoms with van der Waals surface area (Å²) < 4.78 is 1.18. The van der Waals surface area contributed by atoms with Gasteiger partial charge >= 0.3 is 0 Å².